The summed E-state index contributed by atoms with van der Waals surface area (Å²) in [5, 5.41) is 16.5. The van der Waals surface area contributed by atoms with Crippen LogP contribution in [-0.2, 0) is 13.1 Å². The number of aromatic nitrogens is 2. The topological polar surface area (TPSA) is 70.7 Å². The predicted molar refractivity (Wildman–Crippen MR) is 121 cm³/mol. The molecule has 0 aliphatic rings. The third-order valence-corrected chi connectivity index (χ3v) is 5.89. The van der Waals surface area contributed by atoms with Gasteiger partial charge in [-0.25, -0.2) is 0 Å². The Hall–Kier alpha value is -3.82. The minimum absolute atomic E-state index is 0.141. The van der Waals surface area contributed by atoms with Crippen molar-refractivity contribution in [1.82, 2.24) is 15.1 Å². The maximum absolute atomic E-state index is 12.9. The van der Waals surface area contributed by atoms with E-state index in [1.807, 2.05) is 77.6 Å². The van der Waals surface area contributed by atoms with Crippen LogP contribution in [0, 0.1) is 11.3 Å². The van der Waals surface area contributed by atoms with E-state index in [0.29, 0.717) is 24.2 Å². The van der Waals surface area contributed by atoms with Crippen molar-refractivity contribution in [3.8, 4) is 6.07 Å². The molecule has 0 saturated heterocycles. The molecule has 6 heteroatoms. The fourth-order valence-electron chi connectivity index (χ4n) is 3.13. The van der Waals surface area contributed by atoms with E-state index in [0.717, 1.165) is 20.9 Å². The molecule has 5 nitrogen and oxygen atoms in total. The van der Waals surface area contributed by atoms with Gasteiger partial charge in [0.05, 0.1) is 17.7 Å². The smallest absolute Gasteiger partial charge is 0.252 e. The maximum Gasteiger partial charge on any atom is 0.252 e. The highest BCUT2D eigenvalue weighted by atomic mass is 32.2. The van der Waals surface area contributed by atoms with Gasteiger partial charge in [-0.15, -0.1) is 0 Å². The van der Waals surface area contributed by atoms with Crippen molar-refractivity contribution in [1.29, 1.82) is 5.26 Å². The number of benzene rings is 3. The fourth-order valence-corrected chi connectivity index (χ4v) is 4.16. The summed E-state index contributed by atoms with van der Waals surface area (Å²) < 4.78 is 1.87. The second-order valence-electron chi connectivity index (χ2n) is 6.91. The first-order chi connectivity index (χ1) is 15.2. The third kappa shape index (κ3) is 5.21. The quantitative estimate of drug-likeness (QED) is 0.459. The minimum Gasteiger partial charge on any atom is -0.348 e. The van der Waals surface area contributed by atoms with Gasteiger partial charge in [0, 0.05) is 28.7 Å². The Labute approximate surface area is 185 Å². The van der Waals surface area contributed by atoms with Crippen LogP contribution in [-0.4, -0.2) is 15.7 Å². The maximum atomic E-state index is 12.9. The fraction of sp³-hybridized carbons (Fsp3) is 0.0800. The Bertz CT molecular complexity index is 1210. The summed E-state index contributed by atoms with van der Waals surface area (Å²) >= 11 is 1.43. The van der Waals surface area contributed by atoms with E-state index < -0.39 is 0 Å². The molecule has 152 valence electrons. The van der Waals surface area contributed by atoms with Crippen molar-refractivity contribution in [3.05, 3.63) is 114 Å². The van der Waals surface area contributed by atoms with Crippen molar-refractivity contribution in [2.24, 2.45) is 0 Å². The van der Waals surface area contributed by atoms with Crippen LogP contribution in [0.15, 0.2) is 101 Å². The van der Waals surface area contributed by atoms with E-state index in [4.69, 9.17) is 0 Å². The van der Waals surface area contributed by atoms with Crippen molar-refractivity contribution in [2.45, 2.75) is 22.9 Å². The average molecular weight is 425 g/mol. The molecule has 3 aromatic carbocycles. The summed E-state index contributed by atoms with van der Waals surface area (Å²) in [6, 6.07) is 27.1. The number of carbonyl (C=O) groups is 1. The Morgan fingerprint density at radius 3 is 2.39 bits per heavy atom. The summed E-state index contributed by atoms with van der Waals surface area (Å²) in [7, 11) is 0. The number of nitrogens with one attached hydrogen (secondary N) is 1. The molecule has 0 aliphatic carbocycles. The normalized spacial score (nSPS) is 10.4. The summed E-state index contributed by atoms with van der Waals surface area (Å²) in [6.45, 7) is 1.16. The monoisotopic (exact) mass is 424 g/mol. The molecule has 1 heterocycles. The van der Waals surface area contributed by atoms with Crippen molar-refractivity contribution < 1.29 is 4.79 Å². The molecule has 0 saturated carbocycles. The minimum atomic E-state index is -0.141. The van der Waals surface area contributed by atoms with E-state index in [1.165, 1.54) is 11.8 Å². The predicted octanol–water partition coefficient (Wildman–Crippen LogP) is 4.88. The lowest BCUT2D eigenvalue weighted by Crippen LogP contribution is -2.23. The van der Waals surface area contributed by atoms with E-state index in [1.54, 1.807) is 18.3 Å². The first-order valence-electron chi connectivity index (χ1n) is 9.82. The Balaban J connectivity index is 1.42. The Kier molecular flexibility index (Phi) is 6.46. The van der Waals surface area contributed by atoms with Gasteiger partial charge in [-0.1, -0.05) is 60.3 Å². The molecule has 1 N–H and O–H groups in total. The van der Waals surface area contributed by atoms with Crippen molar-refractivity contribution in [3.63, 3.8) is 0 Å². The van der Waals surface area contributed by atoms with E-state index in [-0.39, 0.29) is 5.91 Å². The lowest BCUT2D eigenvalue weighted by atomic mass is 10.1. The third-order valence-electron chi connectivity index (χ3n) is 4.74. The number of rotatable bonds is 7. The molecule has 4 rings (SSSR count). The first-order valence-corrected chi connectivity index (χ1v) is 10.6. The van der Waals surface area contributed by atoms with E-state index >= 15 is 0 Å². The molecule has 0 bridgehead atoms. The second-order valence-corrected chi connectivity index (χ2v) is 7.99. The van der Waals surface area contributed by atoms with Gasteiger partial charge in [-0.3, -0.25) is 9.48 Å². The summed E-state index contributed by atoms with van der Waals surface area (Å²) in [6.07, 6.45) is 3.69. The van der Waals surface area contributed by atoms with Crippen LogP contribution in [0.5, 0.6) is 0 Å². The second kappa shape index (κ2) is 9.79. The number of hydrogen-bond acceptors (Lipinski definition) is 4. The molecular formula is C25H20N4OS. The highest BCUT2D eigenvalue weighted by Crippen LogP contribution is 2.32. The molecule has 31 heavy (non-hydrogen) atoms. The van der Waals surface area contributed by atoms with Gasteiger partial charge in [0.15, 0.2) is 0 Å². The first kappa shape index (κ1) is 20.5. The van der Waals surface area contributed by atoms with Crippen molar-refractivity contribution >= 4 is 17.7 Å². The molecule has 0 atom stereocenters. The number of nitriles is 1. The molecular weight excluding hydrogens is 404 g/mol. The lowest BCUT2D eigenvalue weighted by Gasteiger charge is -2.11. The largest absolute Gasteiger partial charge is 0.348 e. The molecule has 0 spiro atoms. The van der Waals surface area contributed by atoms with E-state index in [2.05, 4.69) is 16.5 Å². The molecule has 4 aromatic rings. The van der Waals surface area contributed by atoms with Gasteiger partial charge in [0.2, 0.25) is 0 Å². The number of carbonyl (C=O) groups excluding carboxylic acids is 1. The van der Waals surface area contributed by atoms with Gasteiger partial charge >= 0.3 is 0 Å². The molecule has 0 fully saturated rings. The van der Waals surface area contributed by atoms with Crippen LogP contribution in [0.3, 0.4) is 0 Å². The molecule has 0 aliphatic heterocycles. The average Bonchev–Trinajstić information content (AvgIpc) is 3.32. The zero-order valence-electron chi connectivity index (χ0n) is 16.7. The van der Waals surface area contributed by atoms with Crippen LogP contribution in [0.1, 0.15) is 27.0 Å². The van der Waals surface area contributed by atoms with Crippen molar-refractivity contribution in [2.75, 3.05) is 0 Å². The van der Waals surface area contributed by atoms with Gasteiger partial charge in [-0.05, 0) is 41.5 Å². The zero-order valence-corrected chi connectivity index (χ0v) is 17.5. The molecule has 1 aromatic heterocycles. The van der Waals surface area contributed by atoms with Crippen LogP contribution in [0.2, 0.25) is 0 Å². The molecule has 0 unspecified atom stereocenters. The highest BCUT2D eigenvalue weighted by molar-refractivity contribution is 7.99. The van der Waals surface area contributed by atoms with Gasteiger partial charge in [0.1, 0.15) is 6.07 Å². The van der Waals surface area contributed by atoms with Gasteiger partial charge in [0.25, 0.3) is 5.91 Å². The molecule has 1 amide bonds. The SMILES string of the molecule is N#Cc1ccccc1Sc1ccccc1C(=O)NCc1ccc(Cn2cccn2)cc1. The van der Waals surface area contributed by atoms with Crippen LogP contribution >= 0.6 is 11.8 Å². The van der Waals surface area contributed by atoms with Gasteiger partial charge < -0.3 is 5.32 Å². The number of hydrogen-bond donors (Lipinski definition) is 1. The van der Waals surface area contributed by atoms with E-state index in [9.17, 15) is 10.1 Å². The lowest BCUT2D eigenvalue weighted by molar-refractivity contribution is 0.0948. The van der Waals surface area contributed by atoms with Crippen LogP contribution < -0.4 is 5.32 Å². The van der Waals surface area contributed by atoms with Gasteiger partial charge in [-0.2, -0.15) is 10.4 Å². The summed E-state index contributed by atoms with van der Waals surface area (Å²) in [5.41, 5.74) is 3.36. The standard InChI is InChI=1S/C25H20N4OS/c26-16-21-6-1-3-8-23(21)31-24-9-4-2-7-22(24)25(30)27-17-19-10-12-20(13-11-19)18-29-15-5-14-28-29/h1-15H,17-18H2,(H,27,30). The Morgan fingerprint density at radius 1 is 0.935 bits per heavy atom. The van der Waals surface area contributed by atoms with Crippen LogP contribution in [0.4, 0.5) is 0 Å². The number of amides is 1. The summed E-state index contributed by atoms with van der Waals surface area (Å²) in [5.74, 6) is -0.141. The molecule has 0 radical (unpaired) electrons. The highest BCUT2D eigenvalue weighted by Gasteiger charge is 2.13. The summed E-state index contributed by atoms with van der Waals surface area (Å²) in [4.78, 5) is 14.5. The zero-order chi connectivity index (χ0) is 21.5. The van der Waals surface area contributed by atoms with Crippen LogP contribution in [0.25, 0.3) is 0 Å². The number of nitrogens with zero attached hydrogens (tertiary/aromatic N) is 3. The Morgan fingerprint density at radius 2 is 1.65 bits per heavy atom.